The zero-order valence-electron chi connectivity index (χ0n) is 8.42. The number of hydrogen-bond acceptors (Lipinski definition) is 2. The molecule has 0 aliphatic heterocycles. The Morgan fingerprint density at radius 3 is 2.77 bits per heavy atom. The van der Waals surface area contributed by atoms with E-state index in [4.69, 9.17) is 0 Å². The predicted molar refractivity (Wildman–Crippen MR) is 51.2 cm³/mol. The van der Waals surface area contributed by atoms with Gasteiger partial charge in [0.25, 0.3) is 0 Å². The van der Waals surface area contributed by atoms with Crippen LogP contribution in [0.3, 0.4) is 0 Å². The Balaban J connectivity index is 2.33. The summed E-state index contributed by atoms with van der Waals surface area (Å²) in [5, 5.41) is 12.4. The van der Waals surface area contributed by atoms with Crippen LogP contribution in [0, 0.1) is 5.92 Å². The molecule has 1 saturated carbocycles. The second-order valence-electron chi connectivity index (χ2n) is 3.98. The molecule has 76 valence electrons. The summed E-state index contributed by atoms with van der Waals surface area (Å²) < 4.78 is 0. The molecule has 0 heterocycles. The summed E-state index contributed by atoms with van der Waals surface area (Å²) in [5.41, 5.74) is 0. The number of carbonyl (C=O) groups excluding carboxylic acids is 1. The fraction of sp³-hybridized carbons (Fsp3) is 0.900. The van der Waals surface area contributed by atoms with Crippen LogP contribution >= 0.6 is 0 Å². The van der Waals surface area contributed by atoms with Crippen LogP contribution in [0.4, 0.5) is 0 Å². The highest BCUT2D eigenvalue weighted by Gasteiger charge is 2.26. The molecule has 0 aromatic rings. The third-order valence-corrected chi connectivity index (χ3v) is 2.81. The number of aliphatic hydroxyl groups excluding tert-OH is 1. The highest BCUT2D eigenvalue weighted by atomic mass is 16.3. The number of nitrogens with one attached hydrogen (secondary N) is 1. The molecule has 3 atom stereocenters. The van der Waals surface area contributed by atoms with E-state index in [1.807, 2.05) is 13.8 Å². The van der Waals surface area contributed by atoms with Crippen molar-refractivity contribution in [2.75, 3.05) is 0 Å². The maximum Gasteiger partial charge on any atom is 0.219 e. The van der Waals surface area contributed by atoms with Gasteiger partial charge in [0.2, 0.25) is 5.91 Å². The third kappa shape index (κ3) is 2.99. The van der Waals surface area contributed by atoms with E-state index in [0.29, 0.717) is 12.3 Å². The summed E-state index contributed by atoms with van der Waals surface area (Å²) in [6.07, 6.45) is 3.02. The van der Waals surface area contributed by atoms with Crippen molar-refractivity contribution in [2.45, 2.75) is 51.7 Å². The van der Waals surface area contributed by atoms with E-state index in [1.54, 1.807) is 0 Å². The van der Waals surface area contributed by atoms with Crippen LogP contribution < -0.4 is 5.32 Å². The molecule has 0 aromatic carbocycles. The van der Waals surface area contributed by atoms with Crippen molar-refractivity contribution in [3.05, 3.63) is 0 Å². The molecule has 0 bridgehead atoms. The van der Waals surface area contributed by atoms with Crippen molar-refractivity contribution < 1.29 is 9.90 Å². The van der Waals surface area contributed by atoms with E-state index in [0.717, 1.165) is 19.3 Å². The quantitative estimate of drug-likeness (QED) is 0.676. The van der Waals surface area contributed by atoms with Crippen LogP contribution in [0.25, 0.3) is 0 Å². The first-order valence-corrected chi connectivity index (χ1v) is 5.11. The summed E-state index contributed by atoms with van der Waals surface area (Å²) in [7, 11) is 0. The Morgan fingerprint density at radius 2 is 2.23 bits per heavy atom. The van der Waals surface area contributed by atoms with Crippen LogP contribution in [0.5, 0.6) is 0 Å². The normalized spacial score (nSPS) is 34.2. The SMILES string of the molecule is CCC(=O)N[C@@H]1CC[C@H](O)C(C)C1. The van der Waals surface area contributed by atoms with Gasteiger partial charge in [0, 0.05) is 12.5 Å². The van der Waals surface area contributed by atoms with E-state index < -0.39 is 0 Å². The van der Waals surface area contributed by atoms with Gasteiger partial charge < -0.3 is 10.4 Å². The first-order chi connectivity index (χ1) is 6.13. The average Bonchev–Trinajstić information content (AvgIpc) is 2.11. The number of carbonyl (C=O) groups is 1. The van der Waals surface area contributed by atoms with Crippen molar-refractivity contribution >= 4 is 5.91 Å². The number of hydrogen-bond donors (Lipinski definition) is 2. The minimum Gasteiger partial charge on any atom is -0.393 e. The molecule has 0 saturated heterocycles. The average molecular weight is 185 g/mol. The Labute approximate surface area is 79.5 Å². The molecule has 0 radical (unpaired) electrons. The monoisotopic (exact) mass is 185 g/mol. The van der Waals surface area contributed by atoms with Crippen molar-refractivity contribution in [3.8, 4) is 0 Å². The van der Waals surface area contributed by atoms with Gasteiger partial charge in [-0.25, -0.2) is 0 Å². The van der Waals surface area contributed by atoms with Gasteiger partial charge in [-0.1, -0.05) is 13.8 Å². The lowest BCUT2D eigenvalue weighted by atomic mass is 9.84. The van der Waals surface area contributed by atoms with Gasteiger partial charge in [-0.15, -0.1) is 0 Å². The molecule has 13 heavy (non-hydrogen) atoms. The van der Waals surface area contributed by atoms with Gasteiger partial charge in [-0.3, -0.25) is 4.79 Å². The zero-order valence-corrected chi connectivity index (χ0v) is 8.42. The molecule has 2 N–H and O–H groups in total. The van der Waals surface area contributed by atoms with Gasteiger partial charge in [0.15, 0.2) is 0 Å². The molecular weight excluding hydrogens is 166 g/mol. The number of amides is 1. The van der Waals surface area contributed by atoms with Crippen LogP contribution in [0.15, 0.2) is 0 Å². The minimum absolute atomic E-state index is 0.119. The number of aliphatic hydroxyl groups is 1. The molecular formula is C10H19NO2. The third-order valence-electron chi connectivity index (χ3n) is 2.81. The molecule has 1 aliphatic carbocycles. The Morgan fingerprint density at radius 1 is 1.54 bits per heavy atom. The standard InChI is InChI=1S/C10H19NO2/c1-3-10(13)11-8-4-5-9(12)7(2)6-8/h7-9,12H,3-6H2,1-2H3,(H,11,13)/t7?,8-,9+/m1/s1. The molecule has 3 heteroatoms. The second kappa shape index (κ2) is 4.61. The van der Waals surface area contributed by atoms with E-state index in [-0.39, 0.29) is 18.1 Å². The highest BCUT2D eigenvalue weighted by molar-refractivity contribution is 5.75. The molecule has 0 spiro atoms. The minimum atomic E-state index is -0.172. The topological polar surface area (TPSA) is 49.3 Å². The maximum atomic E-state index is 11.1. The van der Waals surface area contributed by atoms with Gasteiger partial charge in [0.1, 0.15) is 0 Å². The van der Waals surface area contributed by atoms with Gasteiger partial charge >= 0.3 is 0 Å². The molecule has 0 aromatic heterocycles. The molecule has 1 aliphatic rings. The highest BCUT2D eigenvalue weighted by Crippen LogP contribution is 2.24. The van der Waals surface area contributed by atoms with Crippen LogP contribution in [0.1, 0.15) is 39.5 Å². The first-order valence-electron chi connectivity index (χ1n) is 5.11. The van der Waals surface area contributed by atoms with E-state index in [2.05, 4.69) is 5.32 Å². The maximum absolute atomic E-state index is 11.1. The van der Waals surface area contributed by atoms with Crippen molar-refractivity contribution in [1.29, 1.82) is 0 Å². The molecule has 1 fully saturated rings. The lowest BCUT2D eigenvalue weighted by Gasteiger charge is -2.31. The Bertz CT molecular complexity index is 182. The van der Waals surface area contributed by atoms with Crippen LogP contribution in [0.2, 0.25) is 0 Å². The van der Waals surface area contributed by atoms with Gasteiger partial charge in [-0.05, 0) is 25.2 Å². The molecule has 1 unspecified atom stereocenters. The van der Waals surface area contributed by atoms with Gasteiger partial charge in [-0.2, -0.15) is 0 Å². The fourth-order valence-electron chi connectivity index (χ4n) is 1.84. The molecule has 1 amide bonds. The van der Waals surface area contributed by atoms with Crippen molar-refractivity contribution in [2.24, 2.45) is 5.92 Å². The first kappa shape index (κ1) is 10.5. The van der Waals surface area contributed by atoms with Crippen molar-refractivity contribution in [1.82, 2.24) is 5.32 Å². The lowest BCUT2D eigenvalue weighted by molar-refractivity contribution is -0.122. The summed E-state index contributed by atoms with van der Waals surface area (Å²) in [6.45, 7) is 3.89. The number of rotatable bonds is 2. The van der Waals surface area contributed by atoms with E-state index in [1.165, 1.54) is 0 Å². The summed E-state index contributed by atoms with van der Waals surface area (Å²) in [4.78, 5) is 11.1. The smallest absolute Gasteiger partial charge is 0.219 e. The predicted octanol–water partition coefficient (Wildman–Crippen LogP) is 1.06. The Kier molecular flexibility index (Phi) is 3.72. The van der Waals surface area contributed by atoms with Gasteiger partial charge in [0.05, 0.1) is 6.10 Å². The van der Waals surface area contributed by atoms with Crippen LogP contribution in [-0.2, 0) is 4.79 Å². The summed E-state index contributed by atoms with van der Waals surface area (Å²) in [6, 6.07) is 0.283. The second-order valence-corrected chi connectivity index (χ2v) is 3.98. The van der Waals surface area contributed by atoms with E-state index >= 15 is 0 Å². The largest absolute Gasteiger partial charge is 0.393 e. The Hall–Kier alpha value is -0.570. The summed E-state index contributed by atoms with van der Waals surface area (Å²) in [5.74, 6) is 0.435. The van der Waals surface area contributed by atoms with Crippen LogP contribution in [-0.4, -0.2) is 23.2 Å². The molecule has 3 nitrogen and oxygen atoms in total. The zero-order chi connectivity index (χ0) is 9.84. The van der Waals surface area contributed by atoms with Crippen molar-refractivity contribution in [3.63, 3.8) is 0 Å². The lowest BCUT2D eigenvalue weighted by Crippen LogP contribution is -2.41. The van der Waals surface area contributed by atoms with E-state index in [9.17, 15) is 9.90 Å². The summed E-state index contributed by atoms with van der Waals surface area (Å²) >= 11 is 0. The molecule has 1 rings (SSSR count). The fourth-order valence-corrected chi connectivity index (χ4v) is 1.84.